The third-order valence-electron chi connectivity index (χ3n) is 7.83. The number of ether oxygens (including phenoxy) is 2. The number of thiazole rings is 1. The Kier molecular flexibility index (Phi) is 12.4. The van der Waals surface area contributed by atoms with Crippen LogP contribution >= 0.6 is 39.0 Å². The highest BCUT2D eigenvalue weighted by Crippen LogP contribution is 2.37. The molecule has 266 valence electrons. The maximum Gasteiger partial charge on any atom is 0.272 e. The van der Waals surface area contributed by atoms with Crippen LogP contribution < -0.4 is 25.4 Å². The maximum atomic E-state index is 13.7. The molecule has 1 heterocycles. The van der Waals surface area contributed by atoms with E-state index in [0.717, 1.165) is 26.2 Å². The minimum atomic E-state index is -0.583. The van der Waals surface area contributed by atoms with E-state index in [0.29, 0.717) is 33.4 Å². The number of nitrogens with one attached hydrogen (secondary N) is 3. The summed E-state index contributed by atoms with van der Waals surface area (Å²) in [4.78, 5) is 46.0. The third-order valence-corrected chi connectivity index (χ3v) is 10.4. The van der Waals surface area contributed by atoms with Gasteiger partial charge in [-0.25, -0.2) is 4.98 Å². The lowest BCUT2D eigenvalue weighted by molar-refractivity contribution is -0.116. The number of nitrogens with zero attached hydrogens (tertiary/aromatic N) is 1. The molecule has 0 saturated heterocycles. The van der Waals surface area contributed by atoms with Crippen LogP contribution in [-0.4, -0.2) is 36.9 Å². The molecule has 0 fully saturated rings. The number of hydrogen-bond donors (Lipinski definition) is 3. The van der Waals surface area contributed by atoms with Crippen LogP contribution in [0.1, 0.15) is 26.7 Å². The molecule has 12 heteroatoms. The van der Waals surface area contributed by atoms with Crippen molar-refractivity contribution in [1.29, 1.82) is 0 Å². The van der Waals surface area contributed by atoms with E-state index in [1.54, 1.807) is 60.7 Å². The molecule has 0 aliphatic rings. The van der Waals surface area contributed by atoms with E-state index in [-0.39, 0.29) is 11.6 Å². The largest absolute Gasteiger partial charge is 0.493 e. The molecule has 0 aliphatic heterocycles. The van der Waals surface area contributed by atoms with Crippen molar-refractivity contribution in [3.8, 4) is 22.8 Å². The van der Waals surface area contributed by atoms with Gasteiger partial charge in [0.25, 0.3) is 11.8 Å². The second-order valence-corrected chi connectivity index (χ2v) is 14.4. The highest BCUT2D eigenvalue weighted by Gasteiger charge is 2.24. The molecule has 1 unspecified atom stereocenters. The highest BCUT2D eigenvalue weighted by molar-refractivity contribution is 9.10. The third kappa shape index (κ3) is 9.80. The summed E-state index contributed by atoms with van der Waals surface area (Å²) in [5.74, 6) is -0.177. The summed E-state index contributed by atoms with van der Waals surface area (Å²) in [6.07, 6.45) is 1.57. The SMILES string of the molecule is COc1ccc(/C=C(\NC(=O)c2ccccc2)C(=O)Nc2ccc(SC(C(=O)Nc3nc(-c4ccc(Br)cc4)cs3)c3ccccc3)cc2)cc1OC. The van der Waals surface area contributed by atoms with Crippen LogP contribution in [-0.2, 0) is 9.59 Å². The van der Waals surface area contributed by atoms with Gasteiger partial charge in [-0.2, -0.15) is 0 Å². The first-order valence-corrected chi connectivity index (χ1v) is 18.8. The van der Waals surface area contributed by atoms with Gasteiger partial charge in [0, 0.05) is 31.6 Å². The topological polar surface area (TPSA) is 119 Å². The number of methoxy groups -OCH3 is 2. The monoisotopic (exact) mass is 804 g/mol. The summed E-state index contributed by atoms with van der Waals surface area (Å²) in [6, 6.07) is 38.3. The van der Waals surface area contributed by atoms with Gasteiger partial charge in [-0.05, 0) is 77.9 Å². The summed E-state index contributed by atoms with van der Waals surface area (Å²) < 4.78 is 11.7. The van der Waals surface area contributed by atoms with Crippen molar-refractivity contribution in [2.45, 2.75) is 10.1 Å². The first kappa shape index (κ1) is 37.1. The summed E-state index contributed by atoms with van der Waals surface area (Å²) in [6.45, 7) is 0. The molecule has 6 aromatic rings. The zero-order chi connectivity index (χ0) is 37.2. The number of halogens is 1. The van der Waals surface area contributed by atoms with Crippen LogP contribution in [0.15, 0.2) is 148 Å². The predicted octanol–water partition coefficient (Wildman–Crippen LogP) is 9.47. The number of hydrogen-bond acceptors (Lipinski definition) is 8. The van der Waals surface area contributed by atoms with E-state index in [1.807, 2.05) is 78.2 Å². The van der Waals surface area contributed by atoms with Crippen LogP contribution in [0.2, 0.25) is 0 Å². The Labute approximate surface area is 323 Å². The van der Waals surface area contributed by atoms with Crippen molar-refractivity contribution in [2.75, 3.05) is 24.9 Å². The lowest BCUT2D eigenvalue weighted by atomic mass is 10.1. The molecule has 3 amide bonds. The molecule has 0 bridgehead atoms. The fraction of sp³-hybridized carbons (Fsp3) is 0.0732. The second kappa shape index (κ2) is 17.7. The smallest absolute Gasteiger partial charge is 0.272 e. The van der Waals surface area contributed by atoms with Gasteiger partial charge >= 0.3 is 0 Å². The quantitative estimate of drug-likeness (QED) is 0.0787. The molecule has 9 nitrogen and oxygen atoms in total. The maximum absolute atomic E-state index is 13.7. The minimum Gasteiger partial charge on any atom is -0.493 e. The van der Waals surface area contributed by atoms with Gasteiger partial charge < -0.3 is 25.4 Å². The minimum absolute atomic E-state index is 0.0239. The number of thioether (sulfide) groups is 1. The van der Waals surface area contributed by atoms with E-state index in [1.165, 1.54) is 37.3 Å². The average molecular weight is 806 g/mol. The molecule has 3 N–H and O–H groups in total. The first-order valence-electron chi connectivity index (χ1n) is 16.2. The number of anilines is 2. The lowest BCUT2D eigenvalue weighted by Gasteiger charge is -2.17. The van der Waals surface area contributed by atoms with E-state index < -0.39 is 17.1 Å². The van der Waals surface area contributed by atoms with Crippen molar-refractivity contribution in [3.63, 3.8) is 0 Å². The number of benzene rings is 5. The fourth-order valence-corrected chi connectivity index (χ4v) is 7.17. The molecule has 0 radical (unpaired) electrons. The predicted molar refractivity (Wildman–Crippen MR) is 215 cm³/mol. The lowest BCUT2D eigenvalue weighted by Crippen LogP contribution is -2.30. The normalized spacial score (nSPS) is 11.6. The molecular weight excluding hydrogens is 773 g/mol. The number of aromatic nitrogens is 1. The van der Waals surface area contributed by atoms with Gasteiger partial charge in [0.05, 0.1) is 19.9 Å². The molecule has 1 atom stereocenters. The Morgan fingerprint density at radius 2 is 1.47 bits per heavy atom. The molecule has 0 spiro atoms. The summed E-state index contributed by atoms with van der Waals surface area (Å²) in [7, 11) is 3.06. The van der Waals surface area contributed by atoms with Crippen LogP contribution in [0.4, 0.5) is 10.8 Å². The Balaban J connectivity index is 1.18. The van der Waals surface area contributed by atoms with Gasteiger partial charge in [-0.15, -0.1) is 23.1 Å². The number of carbonyl (C=O) groups excluding carboxylic acids is 3. The zero-order valence-electron chi connectivity index (χ0n) is 28.5. The van der Waals surface area contributed by atoms with Gasteiger partial charge in [0.2, 0.25) is 5.91 Å². The van der Waals surface area contributed by atoms with Crippen molar-refractivity contribution in [1.82, 2.24) is 10.3 Å². The molecule has 0 aliphatic carbocycles. The van der Waals surface area contributed by atoms with E-state index >= 15 is 0 Å². The van der Waals surface area contributed by atoms with Gasteiger partial charge in [-0.3, -0.25) is 14.4 Å². The Hall–Kier alpha value is -5.69. The first-order chi connectivity index (χ1) is 25.8. The fourth-order valence-electron chi connectivity index (χ4n) is 5.16. The molecule has 6 rings (SSSR count). The summed E-state index contributed by atoms with van der Waals surface area (Å²) >= 11 is 6.20. The zero-order valence-corrected chi connectivity index (χ0v) is 31.8. The Bertz CT molecular complexity index is 2230. The van der Waals surface area contributed by atoms with E-state index in [2.05, 4.69) is 36.9 Å². The molecule has 5 aromatic carbocycles. The molecular formula is C41H33BrN4O5S2. The van der Waals surface area contributed by atoms with Crippen molar-refractivity contribution < 1.29 is 23.9 Å². The summed E-state index contributed by atoms with van der Waals surface area (Å²) in [5.41, 5.74) is 4.09. The second-order valence-electron chi connectivity index (χ2n) is 11.4. The Morgan fingerprint density at radius 1 is 0.792 bits per heavy atom. The van der Waals surface area contributed by atoms with Crippen LogP contribution in [0.25, 0.3) is 17.3 Å². The average Bonchev–Trinajstić information content (AvgIpc) is 3.66. The van der Waals surface area contributed by atoms with Gasteiger partial charge in [0.1, 0.15) is 10.9 Å². The van der Waals surface area contributed by atoms with E-state index in [9.17, 15) is 14.4 Å². The van der Waals surface area contributed by atoms with Crippen LogP contribution in [0, 0.1) is 0 Å². The number of carbonyl (C=O) groups is 3. The standard InChI is InChI=1S/C41H33BrN4O5S2/c1-50-35-22-13-26(24-36(35)51-2)23-33(44-38(47)29-11-7-4-8-12-29)39(48)43-31-18-20-32(21-19-31)53-37(28-9-5-3-6-10-28)40(49)46-41-45-34(25-52-41)27-14-16-30(42)17-15-27/h3-25,37H,1-2H3,(H,43,48)(H,44,47)(H,45,46,49)/b33-23-. The van der Waals surface area contributed by atoms with Gasteiger partial charge in [0.15, 0.2) is 16.6 Å². The molecule has 0 saturated carbocycles. The summed E-state index contributed by atoms with van der Waals surface area (Å²) in [5, 5.41) is 10.5. The molecule has 1 aromatic heterocycles. The highest BCUT2D eigenvalue weighted by atomic mass is 79.9. The van der Waals surface area contributed by atoms with Crippen LogP contribution in [0.3, 0.4) is 0 Å². The van der Waals surface area contributed by atoms with Crippen molar-refractivity contribution in [2.24, 2.45) is 0 Å². The number of amides is 3. The number of rotatable bonds is 13. The van der Waals surface area contributed by atoms with Crippen molar-refractivity contribution in [3.05, 3.63) is 160 Å². The van der Waals surface area contributed by atoms with E-state index in [4.69, 9.17) is 9.47 Å². The molecule has 53 heavy (non-hydrogen) atoms. The van der Waals surface area contributed by atoms with Gasteiger partial charge in [-0.1, -0.05) is 82.7 Å². The van der Waals surface area contributed by atoms with Crippen molar-refractivity contribution >= 4 is 73.6 Å². The Morgan fingerprint density at radius 3 is 2.15 bits per heavy atom. The van der Waals surface area contributed by atoms with Crippen LogP contribution in [0.5, 0.6) is 11.5 Å².